The first-order valence-corrected chi connectivity index (χ1v) is 8.50. The van der Waals surface area contributed by atoms with E-state index in [1.165, 1.54) is 6.08 Å². The topological polar surface area (TPSA) is 92.0 Å². The summed E-state index contributed by atoms with van der Waals surface area (Å²) in [6.07, 6.45) is 1.46. The lowest BCUT2D eigenvalue weighted by Crippen LogP contribution is -1.97. The number of carboxylic acids is 1. The van der Waals surface area contributed by atoms with Crippen LogP contribution in [-0.2, 0) is 4.79 Å². The number of H-pyrrole nitrogens is 1. The highest BCUT2D eigenvalue weighted by atomic mass is 79.9. The summed E-state index contributed by atoms with van der Waals surface area (Å²) in [5.41, 5.74) is 0.909. The molecular formula is C16H12BrN3O3S. The summed E-state index contributed by atoms with van der Waals surface area (Å²) in [5.74, 6) is 0.670. The van der Waals surface area contributed by atoms with Crippen molar-refractivity contribution in [2.75, 3.05) is 0 Å². The molecule has 0 radical (unpaired) electrons. The molecule has 0 aliphatic carbocycles. The number of hydrogen-bond acceptors (Lipinski definition) is 5. The molecule has 3 aromatic rings. The second-order valence-corrected chi connectivity index (χ2v) is 6.75. The van der Waals surface area contributed by atoms with Crippen LogP contribution in [0, 0.1) is 6.92 Å². The van der Waals surface area contributed by atoms with Gasteiger partial charge in [0.15, 0.2) is 0 Å². The molecule has 0 saturated carbocycles. The van der Waals surface area contributed by atoms with Crippen LogP contribution in [0.25, 0.3) is 17.4 Å². The van der Waals surface area contributed by atoms with Gasteiger partial charge in [-0.05, 0) is 43.0 Å². The van der Waals surface area contributed by atoms with E-state index in [1.807, 2.05) is 24.3 Å². The number of aliphatic carboxylic acids is 1. The average molecular weight is 406 g/mol. The number of rotatable bonds is 5. The van der Waals surface area contributed by atoms with Gasteiger partial charge in [-0.15, -0.1) is 5.10 Å². The smallest absolute Gasteiger partial charge is 0.342 e. The Morgan fingerprint density at radius 3 is 2.67 bits per heavy atom. The largest absolute Gasteiger partial charge is 0.477 e. The Bertz CT molecular complexity index is 899. The van der Waals surface area contributed by atoms with E-state index in [0.717, 1.165) is 21.8 Å². The Balaban J connectivity index is 1.85. The summed E-state index contributed by atoms with van der Waals surface area (Å²) in [5, 5.41) is 16.3. The Morgan fingerprint density at radius 1 is 1.29 bits per heavy atom. The van der Waals surface area contributed by atoms with Crippen LogP contribution in [0.2, 0.25) is 0 Å². The predicted molar refractivity (Wildman–Crippen MR) is 94.4 cm³/mol. The first-order chi connectivity index (χ1) is 11.5. The summed E-state index contributed by atoms with van der Waals surface area (Å²) in [7, 11) is 0. The van der Waals surface area contributed by atoms with Crippen molar-refractivity contribution in [1.29, 1.82) is 0 Å². The fraction of sp³-hybridized carbons (Fsp3) is 0.0625. The van der Waals surface area contributed by atoms with Gasteiger partial charge in [0.1, 0.15) is 22.3 Å². The molecular weight excluding hydrogens is 394 g/mol. The first kappa shape index (κ1) is 16.5. The zero-order valence-corrected chi connectivity index (χ0v) is 14.9. The van der Waals surface area contributed by atoms with Gasteiger partial charge in [-0.1, -0.05) is 28.1 Å². The van der Waals surface area contributed by atoms with Gasteiger partial charge in [-0.25, -0.2) is 9.78 Å². The van der Waals surface area contributed by atoms with Gasteiger partial charge in [0, 0.05) is 16.1 Å². The summed E-state index contributed by atoms with van der Waals surface area (Å²) in [6, 6.07) is 11.2. The zero-order chi connectivity index (χ0) is 17.1. The van der Waals surface area contributed by atoms with E-state index in [-0.39, 0.29) is 4.91 Å². The third-order valence-electron chi connectivity index (χ3n) is 3.02. The number of nitrogens with one attached hydrogen (secondary N) is 1. The van der Waals surface area contributed by atoms with E-state index in [4.69, 9.17) is 4.42 Å². The van der Waals surface area contributed by atoms with E-state index in [9.17, 15) is 9.90 Å². The third-order valence-corrected chi connectivity index (χ3v) is 4.42. The molecule has 3 rings (SSSR count). The number of thioether (sulfide) groups is 1. The van der Waals surface area contributed by atoms with Crippen LogP contribution in [0.1, 0.15) is 11.6 Å². The normalized spacial score (nSPS) is 11.7. The summed E-state index contributed by atoms with van der Waals surface area (Å²) in [4.78, 5) is 15.6. The number of carboxylic acid groups (broad SMARTS) is 1. The van der Waals surface area contributed by atoms with Gasteiger partial charge < -0.3 is 9.52 Å². The van der Waals surface area contributed by atoms with Crippen LogP contribution in [-0.4, -0.2) is 26.3 Å². The summed E-state index contributed by atoms with van der Waals surface area (Å²) >= 11 is 4.34. The van der Waals surface area contributed by atoms with Crippen molar-refractivity contribution in [2.45, 2.75) is 12.1 Å². The predicted octanol–water partition coefficient (Wildman–Crippen LogP) is 4.35. The zero-order valence-electron chi connectivity index (χ0n) is 12.5. The molecule has 0 unspecified atom stereocenters. The van der Waals surface area contributed by atoms with E-state index in [2.05, 4.69) is 31.1 Å². The van der Waals surface area contributed by atoms with E-state index >= 15 is 0 Å². The van der Waals surface area contributed by atoms with Crippen LogP contribution in [0.3, 0.4) is 0 Å². The lowest BCUT2D eigenvalue weighted by molar-refractivity contribution is -0.131. The monoisotopic (exact) mass is 405 g/mol. The van der Waals surface area contributed by atoms with Crippen LogP contribution in [0.4, 0.5) is 0 Å². The van der Waals surface area contributed by atoms with E-state index < -0.39 is 5.97 Å². The number of aryl methyl sites for hydroxylation is 1. The summed E-state index contributed by atoms with van der Waals surface area (Å²) in [6.45, 7) is 1.75. The lowest BCUT2D eigenvalue weighted by Gasteiger charge is -1.98. The SMILES string of the molecule is Cc1nc(S/C(=C/c2ccc(-c3ccc(Br)cc3)o2)C(=O)O)n[nH]1. The number of hydrogen-bond donors (Lipinski definition) is 2. The summed E-state index contributed by atoms with van der Waals surface area (Å²) < 4.78 is 6.69. The maximum Gasteiger partial charge on any atom is 0.342 e. The minimum Gasteiger partial charge on any atom is -0.477 e. The van der Waals surface area contributed by atoms with Crippen LogP contribution in [0.5, 0.6) is 0 Å². The average Bonchev–Trinajstić information content (AvgIpc) is 3.17. The van der Waals surface area contributed by atoms with Crippen LogP contribution < -0.4 is 0 Å². The molecule has 0 saturated heterocycles. The number of furan rings is 1. The third kappa shape index (κ3) is 3.95. The Labute approximate surface area is 150 Å². The first-order valence-electron chi connectivity index (χ1n) is 6.89. The minimum atomic E-state index is -1.07. The van der Waals surface area contributed by atoms with Gasteiger partial charge in [0.2, 0.25) is 5.16 Å². The van der Waals surface area contributed by atoms with Gasteiger partial charge in [0.25, 0.3) is 0 Å². The Morgan fingerprint density at radius 2 is 2.04 bits per heavy atom. The number of aromatic amines is 1. The van der Waals surface area contributed by atoms with Crippen molar-refractivity contribution in [3.8, 4) is 11.3 Å². The van der Waals surface area contributed by atoms with E-state index in [0.29, 0.717) is 22.5 Å². The molecule has 122 valence electrons. The van der Waals surface area contributed by atoms with Gasteiger partial charge in [-0.3, -0.25) is 5.10 Å². The van der Waals surface area contributed by atoms with Gasteiger partial charge in [0.05, 0.1) is 0 Å². The molecule has 24 heavy (non-hydrogen) atoms. The second kappa shape index (κ2) is 7.06. The van der Waals surface area contributed by atoms with Crippen LogP contribution >= 0.6 is 27.7 Å². The molecule has 2 aromatic heterocycles. The molecule has 0 aliphatic rings. The molecule has 1 aromatic carbocycles. The molecule has 0 amide bonds. The molecule has 8 heteroatoms. The van der Waals surface area contributed by atoms with Crippen molar-refractivity contribution in [3.63, 3.8) is 0 Å². The maximum absolute atomic E-state index is 11.4. The molecule has 0 fully saturated rings. The maximum atomic E-state index is 11.4. The number of carbonyl (C=O) groups is 1. The lowest BCUT2D eigenvalue weighted by atomic mass is 10.2. The molecule has 0 spiro atoms. The number of halogens is 1. The van der Waals surface area contributed by atoms with Crippen molar-refractivity contribution in [1.82, 2.24) is 15.2 Å². The Hall–Kier alpha value is -2.32. The highest BCUT2D eigenvalue weighted by molar-refractivity contribution is 9.10. The number of benzene rings is 1. The van der Waals surface area contributed by atoms with Crippen LogP contribution in [0.15, 0.2) is 55.3 Å². The minimum absolute atomic E-state index is 0.0747. The molecule has 2 N–H and O–H groups in total. The molecule has 6 nitrogen and oxygen atoms in total. The van der Waals surface area contributed by atoms with Crippen molar-refractivity contribution in [3.05, 3.63) is 57.4 Å². The van der Waals surface area contributed by atoms with E-state index in [1.54, 1.807) is 19.1 Å². The quantitative estimate of drug-likeness (QED) is 0.484. The van der Waals surface area contributed by atoms with Gasteiger partial charge >= 0.3 is 5.97 Å². The number of aromatic nitrogens is 3. The highest BCUT2D eigenvalue weighted by Crippen LogP contribution is 2.29. The molecule has 2 heterocycles. The van der Waals surface area contributed by atoms with Crippen molar-refractivity contribution >= 4 is 39.7 Å². The molecule has 0 aliphatic heterocycles. The fourth-order valence-electron chi connectivity index (χ4n) is 1.93. The molecule has 0 bridgehead atoms. The van der Waals surface area contributed by atoms with Crippen molar-refractivity contribution in [2.24, 2.45) is 0 Å². The fourth-order valence-corrected chi connectivity index (χ4v) is 2.93. The second-order valence-electron chi connectivity index (χ2n) is 4.83. The number of nitrogens with zero attached hydrogens (tertiary/aromatic N) is 2. The van der Waals surface area contributed by atoms with Gasteiger partial charge in [-0.2, -0.15) is 0 Å². The molecule has 0 atom stereocenters. The Kier molecular flexibility index (Phi) is 4.86. The highest BCUT2D eigenvalue weighted by Gasteiger charge is 2.14. The van der Waals surface area contributed by atoms with Crippen molar-refractivity contribution < 1.29 is 14.3 Å². The standard InChI is InChI=1S/C16H12BrN3O3S/c1-9-18-16(20-19-9)24-14(15(21)22)8-12-6-7-13(23-12)10-2-4-11(17)5-3-10/h2-8H,1H3,(H,21,22)(H,18,19,20)/b14-8+.